The second-order valence-corrected chi connectivity index (χ2v) is 4.33. The molecule has 0 unspecified atom stereocenters. The zero-order chi connectivity index (χ0) is 12.4. The first kappa shape index (κ1) is 11.8. The number of H-pyrrole nitrogens is 1. The van der Waals surface area contributed by atoms with Gasteiger partial charge in [-0.15, -0.1) is 0 Å². The number of aromatic nitrogens is 5. The molecule has 0 radical (unpaired) electrons. The van der Waals surface area contributed by atoms with Gasteiger partial charge in [-0.05, 0) is 30.3 Å². The lowest BCUT2D eigenvalue weighted by molar-refractivity contribution is 0.877. The minimum absolute atomic E-state index is 0.00463. The van der Waals surface area contributed by atoms with E-state index in [1.165, 1.54) is 6.07 Å². The summed E-state index contributed by atoms with van der Waals surface area (Å²) in [6.07, 6.45) is 0. The van der Waals surface area contributed by atoms with Gasteiger partial charge in [-0.1, -0.05) is 0 Å². The van der Waals surface area contributed by atoms with Crippen molar-refractivity contribution in [1.82, 2.24) is 24.9 Å². The van der Waals surface area contributed by atoms with Crippen molar-refractivity contribution < 1.29 is 0 Å². The molecule has 2 rings (SSSR count). The summed E-state index contributed by atoms with van der Waals surface area (Å²) in [6, 6.07) is 1.39. The maximum atomic E-state index is 11.2. The summed E-state index contributed by atoms with van der Waals surface area (Å²) in [5.74, 6) is 0.0162. The number of rotatable bonds is 2. The Morgan fingerprint density at radius 1 is 1.35 bits per heavy atom. The van der Waals surface area contributed by atoms with Crippen LogP contribution in [-0.4, -0.2) is 24.9 Å². The van der Waals surface area contributed by atoms with Crippen LogP contribution in [0, 0.1) is 6.92 Å². The standard InChI is InChI=1S/C8H7ClN6OS/c1-3-2-4(16)12-7(11-3)17-8-14-5(9)13-6(10)15-8/h2H,1H3,(H,11,12,16)(H2,10,13,14,15). The molecule has 0 amide bonds. The number of nitrogen functional groups attached to an aromatic ring is 1. The molecule has 0 aliphatic rings. The number of aromatic amines is 1. The van der Waals surface area contributed by atoms with E-state index < -0.39 is 0 Å². The lowest BCUT2D eigenvalue weighted by atomic mass is 10.5. The highest BCUT2D eigenvalue weighted by atomic mass is 35.5. The molecule has 2 aromatic rings. The normalized spacial score (nSPS) is 10.5. The molecular formula is C8H7ClN6OS. The Bertz CT molecular complexity index is 595. The molecule has 0 spiro atoms. The Labute approximate surface area is 105 Å². The molecule has 0 fully saturated rings. The predicted molar refractivity (Wildman–Crippen MR) is 63.0 cm³/mol. The lowest BCUT2D eigenvalue weighted by Gasteiger charge is -2.01. The smallest absolute Gasteiger partial charge is 0.251 e. The van der Waals surface area contributed by atoms with Gasteiger partial charge in [-0.2, -0.15) is 15.0 Å². The van der Waals surface area contributed by atoms with Crippen molar-refractivity contribution in [2.45, 2.75) is 17.2 Å². The second-order valence-electron chi connectivity index (χ2n) is 3.04. The van der Waals surface area contributed by atoms with Crippen LogP contribution in [0.15, 0.2) is 21.2 Å². The van der Waals surface area contributed by atoms with Crippen LogP contribution in [0.1, 0.15) is 5.69 Å². The molecule has 0 bridgehead atoms. The molecule has 0 atom stereocenters. The molecule has 0 aromatic carbocycles. The van der Waals surface area contributed by atoms with Crippen LogP contribution >= 0.6 is 23.4 Å². The number of hydrogen-bond acceptors (Lipinski definition) is 7. The van der Waals surface area contributed by atoms with Crippen molar-refractivity contribution in [3.8, 4) is 0 Å². The van der Waals surface area contributed by atoms with Crippen LogP contribution in [0.4, 0.5) is 5.95 Å². The molecule has 9 heteroatoms. The minimum atomic E-state index is -0.242. The van der Waals surface area contributed by atoms with E-state index in [0.717, 1.165) is 11.8 Å². The number of anilines is 1. The average Bonchev–Trinajstić information content (AvgIpc) is 2.13. The van der Waals surface area contributed by atoms with Gasteiger partial charge in [0.25, 0.3) is 5.56 Å². The first-order valence-electron chi connectivity index (χ1n) is 4.46. The topological polar surface area (TPSA) is 110 Å². The highest BCUT2D eigenvalue weighted by molar-refractivity contribution is 7.99. The predicted octanol–water partition coefficient (Wildman–Crippen LogP) is 0.650. The molecule has 0 saturated carbocycles. The second kappa shape index (κ2) is 4.68. The van der Waals surface area contributed by atoms with E-state index in [4.69, 9.17) is 17.3 Å². The molecule has 88 valence electrons. The third-order valence-corrected chi connectivity index (χ3v) is 2.56. The Balaban J connectivity index is 2.34. The molecule has 0 aliphatic carbocycles. The van der Waals surface area contributed by atoms with E-state index in [0.29, 0.717) is 10.9 Å². The van der Waals surface area contributed by atoms with Gasteiger partial charge in [0.2, 0.25) is 16.4 Å². The molecule has 0 saturated heterocycles. The lowest BCUT2D eigenvalue weighted by Crippen LogP contribution is -2.08. The van der Waals surface area contributed by atoms with E-state index in [2.05, 4.69) is 24.9 Å². The molecule has 0 aliphatic heterocycles. The van der Waals surface area contributed by atoms with Crippen molar-refractivity contribution in [3.05, 3.63) is 27.4 Å². The molecule has 17 heavy (non-hydrogen) atoms. The van der Waals surface area contributed by atoms with Gasteiger partial charge >= 0.3 is 0 Å². The van der Waals surface area contributed by atoms with Crippen LogP contribution in [0.25, 0.3) is 0 Å². The number of nitrogens with zero attached hydrogens (tertiary/aromatic N) is 4. The van der Waals surface area contributed by atoms with Crippen LogP contribution in [0.3, 0.4) is 0 Å². The van der Waals surface area contributed by atoms with Gasteiger partial charge in [0, 0.05) is 11.8 Å². The van der Waals surface area contributed by atoms with Gasteiger partial charge in [0.05, 0.1) is 0 Å². The average molecular weight is 271 g/mol. The number of aryl methyl sites for hydroxylation is 1. The van der Waals surface area contributed by atoms with Crippen molar-refractivity contribution in [2.24, 2.45) is 0 Å². The highest BCUT2D eigenvalue weighted by Crippen LogP contribution is 2.21. The SMILES string of the molecule is Cc1cc(=O)[nH]c(Sc2nc(N)nc(Cl)n2)n1. The van der Waals surface area contributed by atoms with Crippen LogP contribution < -0.4 is 11.3 Å². The zero-order valence-corrected chi connectivity index (χ0v) is 10.2. The van der Waals surface area contributed by atoms with Crippen LogP contribution in [-0.2, 0) is 0 Å². The summed E-state index contributed by atoms with van der Waals surface area (Å²) in [4.78, 5) is 29.2. The number of nitrogens with two attached hydrogens (primary N) is 1. The summed E-state index contributed by atoms with van der Waals surface area (Å²) in [7, 11) is 0. The first-order valence-corrected chi connectivity index (χ1v) is 5.65. The third kappa shape index (κ3) is 3.14. The maximum Gasteiger partial charge on any atom is 0.251 e. The maximum absolute atomic E-state index is 11.2. The number of hydrogen-bond donors (Lipinski definition) is 2. The largest absolute Gasteiger partial charge is 0.368 e. The molecular weight excluding hydrogens is 264 g/mol. The molecule has 7 nitrogen and oxygen atoms in total. The van der Waals surface area contributed by atoms with Gasteiger partial charge in [0.15, 0.2) is 5.16 Å². The van der Waals surface area contributed by atoms with Crippen molar-refractivity contribution in [2.75, 3.05) is 5.73 Å². The van der Waals surface area contributed by atoms with Gasteiger partial charge in [0.1, 0.15) is 0 Å². The third-order valence-electron chi connectivity index (χ3n) is 1.64. The van der Waals surface area contributed by atoms with Crippen molar-refractivity contribution >= 4 is 29.3 Å². The van der Waals surface area contributed by atoms with Crippen molar-refractivity contribution in [3.63, 3.8) is 0 Å². The Kier molecular flexibility index (Phi) is 3.25. The summed E-state index contributed by atoms with van der Waals surface area (Å²) >= 11 is 6.68. The molecule has 2 heterocycles. The minimum Gasteiger partial charge on any atom is -0.368 e. The van der Waals surface area contributed by atoms with E-state index in [-0.39, 0.29) is 21.9 Å². The van der Waals surface area contributed by atoms with Crippen molar-refractivity contribution in [1.29, 1.82) is 0 Å². The Hall–Kier alpha value is -1.67. The summed E-state index contributed by atoms with van der Waals surface area (Å²) < 4.78 is 0. The van der Waals surface area contributed by atoms with Gasteiger partial charge in [-0.3, -0.25) is 4.79 Å². The summed E-state index contributed by atoms with van der Waals surface area (Å²) in [5, 5.41) is 0.642. The van der Waals surface area contributed by atoms with Crippen LogP contribution in [0.5, 0.6) is 0 Å². The summed E-state index contributed by atoms with van der Waals surface area (Å²) in [6.45, 7) is 1.72. The van der Waals surface area contributed by atoms with E-state index in [1.54, 1.807) is 6.92 Å². The molecule has 3 N–H and O–H groups in total. The van der Waals surface area contributed by atoms with Crippen LogP contribution in [0.2, 0.25) is 5.28 Å². The van der Waals surface area contributed by atoms with Gasteiger partial charge in [-0.25, -0.2) is 4.98 Å². The van der Waals surface area contributed by atoms with E-state index >= 15 is 0 Å². The van der Waals surface area contributed by atoms with E-state index in [9.17, 15) is 4.79 Å². The molecule has 2 aromatic heterocycles. The fourth-order valence-corrected chi connectivity index (χ4v) is 2.08. The number of halogens is 1. The monoisotopic (exact) mass is 270 g/mol. The highest BCUT2D eigenvalue weighted by Gasteiger charge is 2.07. The van der Waals surface area contributed by atoms with Gasteiger partial charge < -0.3 is 10.7 Å². The fraction of sp³-hybridized carbons (Fsp3) is 0.125. The summed E-state index contributed by atoms with van der Waals surface area (Å²) in [5.41, 5.74) is 5.78. The fourth-order valence-electron chi connectivity index (χ4n) is 1.08. The first-order chi connectivity index (χ1) is 8.02. The zero-order valence-electron chi connectivity index (χ0n) is 8.64. The quantitative estimate of drug-likeness (QED) is 0.771. The Morgan fingerprint density at radius 3 is 2.76 bits per heavy atom. The number of nitrogens with one attached hydrogen (secondary N) is 1. The van der Waals surface area contributed by atoms with E-state index in [1.807, 2.05) is 0 Å². The Morgan fingerprint density at radius 2 is 2.12 bits per heavy atom.